The SMILES string of the molecule is CS(=O)(=O)Cc1cccc(C2(O)CC2)c1. The first-order valence-electron chi connectivity index (χ1n) is 4.89. The lowest BCUT2D eigenvalue weighted by molar-refractivity contribution is 0.151. The summed E-state index contributed by atoms with van der Waals surface area (Å²) in [6.45, 7) is 0. The van der Waals surface area contributed by atoms with Crippen LogP contribution in [0.5, 0.6) is 0 Å². The second-order valence-corrected chi connectivity index (χ2v) is 6.44. The Morgan fingerprint density at radius 1 is 1.40 bits per heavy atom. The van der Waals surface area contributed by atoms with Crippen LogP contribution in [0.4, 0.5) is 0 Å². The van der Waals surface area contributed by atoms with Gasteiger partial charge >= 0.3 is 0 Å². The lowest BCUT2D eigenvalue weighted by atomic mass is 10.1. The molecule has 1 N–H and O–H groups in total. The first-order valence-corrected chi connectivity index (χ1v) is 6.95. The minimum atomic E-state index is -3.00. The van der Waals surface area contributed by atoms with Crippen LogP contribution in [0.15, 0.2) is 24.3 Å². The Morgan fingerprint density at radius 3 is 2.60 bits per heavy atom. The van der Waals surface area contributed by atoms with Crippen molar-refractivity contribution < 1.29 is 13.5 Å². The van der Waals surface area contributed by atoms with Crippen molar-refractivity contribution in [2.24, 2.45) is 0 Å². The molecule has 4 heteroatoms. The van der Waals surface area contributed by atoms with E-state index in [1.165, 1.54) is 6.26 Å². The molecule has 0 radical (unpaired) electrons. The zero-order valence-corrected chi connectivity index (χ0v) is 9.42. The molecule has 15 heavy (non-hydrogen) atoms. The highest BCUT2D eigenvalue weighted by Gasteiger charge is 2.42. The lowest BCUT2D eigenvalue weighted by Crippen LogP contribution is -2.06. The van der Waals surface area contributed by atoms with Gasteiger partial charge in [-0.15, -0.1) is 0 Å². The van der Waals surface area contributed by atoms with Gasteiger partial charge in [0.1, 0.15) is 0 Å². The third-order valence-corrected chi connectivity index (χ3v) is 3.47. The van der Waals surface area contributed by atoms with Crippen LogP contribution >= 0.6 is 0 Å². The minimum absolute atomic E-state index is 0.0386. The fourth-order valence-electron chi connectivity index (χ4n) is 1.66. The van der Waals surface area contributed by atoms with E-state index in [9.17, 15) is 13.5 Å². The summed E-state index contributed by atoms with van der Waals surface area (Å²) in [5.74, 6) is 0.0386. The fraction of sp³-hybridized carbons (Fsp3) is 0.455. The van der Waals surface area contributed by atoms with Crippen LogP contribution in [0.3, 0.4) is 0 Å². The van der Waals surface area contributed by atoms with Crippen molar-refractivity contribution in [2.45, 2.75) is 24.2 Å². The number of aliphatic hydroxyl groups is 1. The average molecular weight is 226 g/mol. The van der Waals surface area contributed by atoms with Crippen molar-refractivity contribution in [3.63, 3.8) is 0 Å². The molecule has 1 aliphatic carbocycles. The number of rotatable bonds is 3. The molecule has 82 valence electrons. The first-order chi connectivity index (χ1) is 6.89. The van der Waals surface area contributed by atoms with E-state index in [1.54, 1.807) is 18.2 Å². The number of sulfone groups is 1. The molecule has 0 aromatic heterocycles. The van der Waals surface area contributed by atoms with E-state index >= 15 is 0 Å². The molecule has 0 spiro atoms. The Bertz CT molecular complexity index is 472. The van der Waals surface area contributed by atoms with Crippen molar-refractivity contribution in [1.29, 1.82) is 0 Å². The zero-order chi connectivity index (χ0) is 11.1. The third kappa shape index (κ3) is 2.58. The largest absolute Gasteiger partial charge is 0.385 e. The molecule has 3 nitrogen and oxygen atoms in total. The van der Waals surface area contributed by atoms with E-state index < -0.39 is 15.4 Å². The van der Waals surface area contributed by atoms with E-state index in [2.05, 4.69) is 0 Å². The molecule has 0 unspecified atom stereocenters. The van der Waals surface area contributed by atoms with Gasteiger partial charge in [-0.3, -0.25) is 0 Å². The van der Waals surface area contributed by atoms with Crippen LogP contribution in [0, 0.1) is 0 Å². The van der Waals surface area contributed by atoms with Gasteiger partial charge in [-0.1, -0.05) is 24.3 Å². The summed E-state index contributed by atoms with van der Waals surface area (Å²) in [5.41, 5.74) is 0.895. The monoisotopic (exact) mass is 226 g/mol. The maximum atomic E-state index is 11.1. The van der Waals surface area contributed by atoms with E-state index in [0.717, 1.165) is 24.0 Å². The van der Waals surface area contributed by atoms with E-state index in [0.29, 0.717) is 0 Å². The molecule has 0 amide bonds. The Kier molecular flexibility index (Phi) is 2.35. The molecule has 0 saturated heterocycles. The van der Waals surface area contributed by atoms with Crippen LogP contribution in [-0.4, -0.2) is 19.8 Å². The van der Waals surface area contributed by atoms with Gasteiger partial charge in [-0.25, -0.2) is 8.42 Å². The summed E-state index contributed by atoms with van der Waals surface area (Å²) in [5, 5.41) is 9.87. The smallest absolute Gasteiger partial charge is 0.151 e. The topological polar surface area (TPSA) is 54.4 Å². The second kappa shape index (κ2) is 3.32. The van der Waals surface area contributed by atoms with Crippen LogP contribution < -0.4 is 0 Å². The average Bonchev–Trinajstić information content (AvgIpc) is 2.82. The van der Waals surface area contributed by atoms with Crippen LogP contribution in [0.25, 0.3) is 0 Å². The Labute approximate surface area is 89.7 Å². The predicted molar refractivity (Wildman–Crippen MR) is 58.1 cm³/mol. The standard InChI is InChI=1S/C11H14O3S/c1-15(13,14)8-9-3-2-4-10(7-9)11(12)5-6-11/h2-4,7,12H,5-6,8H2,1H3. The molecule has 1 fully saturated rings. The quantitative estimate of drug-likeness (QED) is 0.843. The summed E-state index contributed by atoms with van der Waals surface area (Å²) in [6.07, 6.45) is 2.76. The normalized spacial score (nSPS) is 18.8. The minimum Gasteiger partial charge on any atom is -0.385 e. The van der Waals surface area contributed by atoms with Gasteiger partial charge in [-0.2, -0.15) is 0 Å². The molecule has 1 aliphatic rings. The van der Waals surface area contributed by atoms with Gasteiger partial charge < -0.3 is 5.11 Å². The molecule has 1 aromatic rings. The molecule has 1 aromatic carbocycles. The highest BCUT2D eigenvalue weighted by molar-refractivity contribution is 7.89. The van der Waals surface area contributed by atoms with Gasteiger partial charge in [0.15, 0.2) is 9.84 Å². The molecule has 2 rings (SSSR count). The maximum absolute atomic E-state index is 11.1. The molecule has 0 bridgehead atoms. The summed E-state index contributed by atoms with van der Waals surface area (Å²) in [4.78, 5) is 0. The summed E-state index contributed by atoms with van der Waals surface area (Å²) in [6, 6.07) is 7.20. The highest BCUT2D eigenvalue weighted by atomic mass is 32.2. The lowest BCUT2D eigenvalue weighted by Gasteiger charge is -2.09. The van der Waals surface area contributed by atoms with Gasteiger partial charge in [0, 0.05) is 6.26 Å². The summed E-state index contributed by atoms with van der Waals surface area (Å²) in [7, 11) is -3.00. The van der Waals surface area contributed by atoms with E-state index in [1.807, 2.05) is 6.07 Å². The van der Waals surface area contributed by atoms with E-state index in [4.69, 9.17) is 0 Å². The first kappa shape index (κ1) is 10.6. The predicted octanol–water partition coefficient (Wildman–Crippen LogP) is 1.21. The Morgan fingerprint density at radius 2 is 2.07 bits per heavy atom. The van der Waals surface area contributed by atoms with Crippen LogP contribution in [0.2, 0.25) is 0 Å². The van der Waals surface area contributed by atoms with Crippen molar-refractivity contribution in [1.82, 2.24) is 0 Å². The molecule has 0 aliphatic heterocycles. The second-order valence-electron chi connectivity index (χ2n) is 4.30. The maximum Gasteiger partial charge on any atom is 0.151 e. The molecule has 0 atom stereocenters. The molecule has 0 heterocycles. The Hall–Kier alpha value is -0.870. The van der Waals surface area contributed by atoms with Gasteiger partial charge in [0.05, 0.1) is 11.4 Å². The van der Waals surface area contributed by atoms with Crippen LogP contribution in [-0.2, 0) is 21.2 Å². The third-order valence-electron chi connectivity index (χ3n) is 2.62. The molecule has 1 saturated carbocycles. The van der Waals surface area contributed by atoms with Crippen molar-refractivity contribution in [3.8, 4) is 0 Å². The van der Waals surface area contributed by atoms with Crippen molar-refractivity contribution >= 4 is 9.84 Å². The van der Waals surface area contributed by atoms with Crippen molar-refractivity contribution in [2.75, 3.05) is 6.26 Å². The van der Waals surface area contributed by atoms with Gasteiger partial charge in [0.25, 0.3) is 0 Å². The summed E-state index contributed by atoms with van der Waals surface area (Å²) >= 11 is 0. The number of hydrogen-bond acceptors (Lipinski definition) is 3. The van der Waals surface area contributed by atoms with Gasteiger partial charge in [0.2, 0.25) is 0 Å². The molecular formula is C11H14O3S. The Balaban J connectivity index is 2.27. The zero-order valence-electron chi connectivity index (χ0n) is 8.60. The number of benzene rings is 1. The van der Waals surface area contributed by atoms with Gasteiger partial charge in [-0.05, 0) is 24.0 Å². The summed E-state index contributed by atoms with van der Waals surface area (Å²) < 4.78 is 22.2. The fourth-order valence-corrected chi connectivity index (χ4v) is 2.45. The van der Waals surface area contributed by atoms with E-state index in [-0.39, 0.29) is 5.75 Å². The van der Waals surface area contributed by atoms with Crippen molar-refractivity contribution in [3.05, 3.63) is 35.4 Å². The highest BCUT2D eigenvalue weighted by Crippen LogP contribution is 2.45. The molecular weight excluding hydrogens is 212 g/mol. The number of hydrogen-bond donors (Lipinski definition) is 1. The van der Waals surface area contributed by atoms with Crippen LogP contribution in [0.1, 0.15) is 24.0 Å².